The van der Waals surface area contributed by atoms with Crippen LogP contribution in [-0.4, -0.2) is 33.8 Å². The average Bonchev–Trinajstić information content (AvgIpc) is 3.15. The molecular weight excluding hydrogens is 364 g/mol. The maximum atomic E-state index is 12.5. The van der Waals surface area contributed by atoms with E-state index in [1.165, 1.54) is 7.11 Å². The lowest BCUT2D eigenvalue weighted by molar-refractivity contribution is -0.115. The normalized spacial score (nSPS) is 10.7. The van der Waals surface area contributed by atoms with E-state index < -0.39 is 5.97 Å². The Morgan fingerprint density at radius 1 is 1.15 bits per heavy atom. The molecule has 27 heavy (non-hydrogen) atoms. The van der Waals surface area contributed by atoms with Crippen molar-refractivity contribution in [2.75, 3.05) is 12.4 Å². The number of rotatable bonds is 5. The lowest BCUT2D eigenvalue weighted by Crippen LogP contribution is -2.15. The zero-order valence-electron chi connectivity index (χ0n) is 15.6. The van der Waals surface area contributed by atoms with Crippen molar-refractivity contribution in [2.24, 2.45) is 0 Å². The van der Waals surface area contributed by atoms with Crippen LogP contribution in [0, 0.1) is 20.8 Å². The van der Waals surface area contributed by atoms with Crippen molar-refractivity contribution >= 4 is 28.3 Å². The third-order valence-electron chi connectivity index (χ3n) is 4.19. The number of esters is 1. The minimum Gasteiger partial charge on any atom is -0.465 e. The molecule has 0 saturated heterocycles. The Kier molecular flexibility index (Phi) is 5.36. The summed E-state index contributed by atoms with van der Waals surface area (Å²) in [5, 5.41) is 7.69. The molecule has 1 aromatic carbocycles. The highest BCUT2D eigenvalue weighted by Crippen LogP contribution is 2.24. The number of hydrogen-bond acceptors (Lipinski definition) is 6. The van der Waals surface area contributed by atoms with Crippen molar-refractivity contribution in [2.45, 2.75) is 27.2 Å². The molecule has 8 heteroatoms. The fraction of sp³-hybridized carbons (Fsp3) is 0.263. The van der Waals surface area contributed by atoms with Crippen LogP contribution in [0.2, 0.25) is 0 Å². The van der Waals surface area contributed by atoms with Crippen LogP contribution in [0.3, 0.4) is 0 Å². The number of para-hydroxylation sites is 1. The van der Waals surface area contributed by atoms with Gasteiger partial charge < -0.3 is 10.1 Å². The molecule has 0 bridgehead atoms. The van der Waals surface area contributed by atoms with Gasteiger partial charge in [-0.25, -0.2) is 14.5 Å². The van der Waals surface area contributed by atoms with E-state index in [2.05, 4.69) is 15.4 Å². The molecule has 0 fully saturated rings. The zero-order valence-corrected chi connectivity index (χ0v) is 16.4. The number of aromatic nitrogens is 3. The monoisotopic (exact) mass is 384 g/mol. The van der Waals surface area contributed by atoms with Gasteiger partial charge in [0.05, 0.1) is 30.6 Å². The van der Waals surface area contributed by atoms with Crippen molar-refractivity contribution in [3.05, 3.63) is 57.9 Å². The number of methoxy groups -OCH3 is 1. The lowest BCUT2D eigenvalue weighted by atomic mass is 10.1. The molecule has 0 atom stereocenters. The number of nitrogens with one attached hydrogen (secondary N) is 1. The Bertz CT molecular complexity index is 992. The van der Waals surface area contributed by atoms with Gasteiger partial charge in [0.15, 0.2) is 5.13 Å². The number of ether oxygens (including phenoxy) is 1. The summed E-state index contributed by atoms with van der Waals surface area (Å²) in [6, 6.07) is 9.78. The number of benzene rings is 1. The van der Waals surface area contributed by atoms with E-state index in [4.69, 9.17) is 4.74 Å². The predicted octanol–water partition coefficient (Wildman–Crippen LogP) is 3.22. The molecule has 0 aliphatic rings. The zero-order chi connectivity index (χ0) is 19.6. The highest BCUT2D eigenvalue weighted by Gasteiger charge is 2.19. The summed E-state index contributed by atoms with van der Waals surface area (Å²) in [6.45, 7) is 5.53. The van der Waals surface area contributed by atoms with Crippen molar-refractivity contribution in [3.8, 4) is 5.69 Å². The smallest absolute Gasteiger partial charge is 0.350 e. The minimum absolute atomic E-state index is 0.177. The van der Waals surface area contributed by atoms with E-state index in [1.807, 2.05) is 48.9 Å². The van der Waals surface area contributed by atoms with Crippen LogP contribution in [-0.2, 0) is 16.0 Å². The number of nitrogens with zero attached hydrogens (tertiary/aromatic N) is 3. The van der Waals surface area contributed by atoms with Gasteiger partial charge in [0.1, 0.15) is 4.88 Å². The van der Waals surface area contributed by atoms with Gasteiger partial charge in [-0.1, -0.05) is 29.5 Å². The Labute approximate surface area is 161 Å². The molecule has 3 rings (SSSR count). The molecule has 0 saturated carbocycles. The van der Waals surface area contributed by atoms with Gasteiger partial charge in [-0.3, -0.25) is 4.79 Å². The Balaban J connectivity index is 1.77. The summed E-state index contributed by atoms with van der Waals surface area (Å²) in [5.41, 5.74) is 4.07. The first kappa shape index (κ1) is 18.8. The van der Waals surface area contributed by atoms with Gasteiger partial charge in [0, 0.05) is 11.3 Å². The summed E-state index contributed by atoms with van der Waals surface area (Å²) >= 11 is 1.10. The third kappa shape index (κ3) is 3.90. The number of amides is 1. The maximum Gasteiger partial charge on any atom is 0.350 e. The quantitative estimate of drug-likeness (QED) is 0.683. The molecule has 0 unspecified atom stereocenters. The number of anilines is 1. The van der Waals surface area contributed by atoms with E-state index in [1.54, 1.807) is 6.92 Å². The Morgan fingerprint density at radius 2 is 1.85 bits per heavy atom. The van der Waals surface area contributed by atoms with E-state index in [9.17, 15) is 9.59 Å². The molecule has 7 nitrogen and oxygen atoms in total. The summed E-state index contributed by atoms with van der Waals surface area (Å²) in [5.74, 6) is -0.666. The summed E-state index contributed by atoms with van der Waals surface area (Å²) in [6.07, 6.45) is 0.177. The fourth-order valence-electron chi connectivity index (χ4n) is 2.81. The molecule has 0 aliphatic heterocycles. The molecule has 0 aliphatic carbocycles. The van der Waals surface area contributed by atoms with Crippen LogP contribution in [0.4, 0.5) is 5.13 Å². The molecule has 2 heterocycles. The van der Waals surface area contributed by atoms with Crippen LogP contribution in [0.5, 0.6) is 0 Å². The van der Waals surface area contributed by atoms with Crippen molar-refractivity contribution in [1.82, 2.24) is 14.8 Å². The van der Waals surface area contributed by atoms with E-state index >= 15 is 0 Å². The van der Waals surface area contributed by atoms with Gasteiger partial charge in [-0.15, -0.1) is 0 Å². The summed E-state index contributed by atoms with van der Waals surface area (Å²) in [4.78, 5) is 28.8. The van der Waals surface area contributed by atoms with Gasteiger partial charge in [-0.2, -0.15) is 5.10 Å². The van der Waals surface area contributed by atoms with Crippen LogP contribution >= 0.6 is 11.3 Å². The van der Waals surface area contributed by atoms with Gasteiger partial charge in [0.2, 0.25) is 5.91 Å². The first-order valence-corrected chi connectivity index (χ1v) is 9.18. The van der Waals surface area contributed by atoms with Crippen LogP contribution in [0.1, 0.15) is 32.3 Å². The number of aryl methyl sites for hydroxylation is 2. The van der Waals surface area contributed by atoms with Gasteiger partial charge >= 0.3 is 5.97 Å². The number of carbonyl (C=O) groups is 2. The van der Waals surface area contributed by atoms with Crippen molar-refractivity contribution in [3.63, 3.8) is 0 Å². The molecule has 1 amide bonds. The average molecular weight is 384 g/mol. The van der Waals surface area contributed by atoms with Crippen molar-refractivity contribution < 1.29 is 14.3 Å². The van der Waals surface area contributed by atoms with Crippen molar-refractivity contribution in [1.29, 1.82) is 0 Å². The number of thiazole rings is 1. The Hall–Kier alpha value is -3.00. The minimum atomic E-state index is -0.457. The molecule has 2 aromatic heterocycles. The first-order chi connectivity index (χ1) is 12.9. The second kappa shape index (κ2) is 7.71. The first-order valence-electron chi connectivity index (χ1n) is 8.36. The largest absolute Gasteiger partial charge is 0.465 e. The molecule has 3 aromatic rings. The highest BCUT2D eigenvalue weighted by atomic mass is 32.1. The topological polar surface area (TPSA) is 86.1 Å². The van der Waals surface area contributed by atoms with E-state index in [0.717, 1.165) is 34.0 Å². The molecule has 0 radical (unpaired) electrons. The molecular formula is C19H20N4O3S. The van der Waals surface area contributed by atoms with Crippen LogP contribution in [0.25, 0.3) is 5.69 Å². The number of carbonyl (C=O) groups excluding carboxylic acids is 2. The standard InChI is InChI=1S/C19H20N4O3S/c1-11-15(13(3)23(22-11)14-8-6-5-7-9-14)10-16(24)21-19-20-12(2)17(27-19)18(25)26-4/h5-9H,10H2,1-4H3,(H,20,21,24). The second-order valence-corrected chi connectivity index (χ2v) is 7.05. The highest BCUT2D eigenvalue weighted by molar-refractivity contribution is 7.17. The summed E-state index contributed by atoms with van der Waals surface area (Å²) < 4.78 is 6.55. The lowest BCUT2D eigenvalue weighted by Gasteiger charge is -2.05. The predicted molar refractivity (Wildman–Crippen MR) is 104 cm³/mol. The second-order valence-electron chi connectivity index (χ2n) is 6.05. The fourth-order valence-corrected chi connectivity index (χ4v) is 3.71. The molecule has 1 N–H and O–H groups in total. The molecule has 0 spiro atoms. The SMILES string of the molecule is COC(=O)c1sc(NC(=O)Cc2c(C)nn(-c3ccccc3)c2C)nc1C. The van der Waals surface area contributed by atoms with Gasteiger partial charge in [0.25, 0.3) is 0 Å². The van der Waals surface area contributed by atoms with Crippen LogP contribution < -0.4 is 5.32 Å². The Morgan fingerprint density at radius 3 is 2.52 bits per heavy atom. The van der Waals surface area contributed by atoms with Crippen LogP contribution in [0.15, 0.2) is 30.3 Å². The van der Waals surface area contributed by atoms with E-state index in [-0.39, 0.29) is 12.3 Å². The maximum absolute atomic E-state index is 12.5. The van der Waals surface area contributed by atoms with Gasteiger partial charge in [-0.05, 0) is 32.9 Å². The number of hydrogen-bond donors (Lipinski definition) is 1. The third-order valence-corrected chi connectivity index (χ3v) is 5.25. The molecule has 140 valence electrons. The van der Waals surface area contributed by atoms with E-state index in [0.29, 0.717) is 15.7 Å². The summed E-state index contributed by atoms with van der Waals surface area (Å²) in [7, 11) is 1.32.